The Morgan fingerprint density at radius 2 is 1.73 bits per heavy atom. The van der Waals surface area contributed by atoms with Gasteiger partial charge in [-0.2, -0.15) is 13.2 Å². The maximum Gasteiger partial charge on any atom is 0.425 e. The Morgan fingerprint density at radius 3 is 2.30 bits per heavy atom. The molecule has 2 aromatic rings. The summed E-state index contributed by atoms with van der Waals surface area (Å²) in [5.41, 5.74) is 0.740. The van der Waals surface area contributed by atoms with Gasteiger partial charge in [-0.25, -0.2) is 0 Å². The van der Waals surface area contributed by atoms with E-state index in [1.807, 2.05) is 0 Å². The topological polar surface area (TPSA) is 99.4 Å². The molecule has 0 amide bonds. The predicted octanol–water partition coefficient (Wildman–Crippen LogP) is 2.21. The smallest absolute Gasteiger partial charge is 0.425 e. The van der Waals surface area contributed by atoms with Crippen molar-refractivity contribution in [2.45, 2.75) is 43.4 Å². The summed E-state index contributed by atoms with van der Waals surface area (Å²) in [6.45, 7) is -0.457. The summed E-state index contributed by atoms with van der Waals surface area (Å²) in [4.78, 5) is -0.536. The van der Waals surface area contributed by atoms with Gasteiger partial charge in [-0.15, -0.1) is 11.3 Å². The maximum atomic E-state index is 13.3. The normalized spacial score (nSPS) is 27.1. The molecule has 10 heteroatoms. The number of alkyl halides is 3. The van der Waals surface area contributed by atoms with Gasteiger partial charge < -0.3 is 29.9 Å². The average molecular weight is 448 g/mol. The Morgan fingerprint density at radius 1 is 1.07 bits per heavy atom. The maximum absolute atomic E-state index is 13.3. The van der Waals surface area contributed by atoms with Crippen molar-refractivity contribution >= 4 is 11.3 Å². The molecule has 0 saturated heterocycles. The van der Waals surface area contributed by atoms with Crippen molar-refractivity contribution in [2.75, 3.05) is 13.7 Å². The van der Waals surface area contributed by atoms with E-state index in [0.717, 1.165) is 11.6 Å². The van der Waals surface area contributed by atoms with Crippen LogP contribution in [0.15, 0.2) is 30.3 Å². The molecule has 1 aromatic carbocycles. The molecule has 1 saturated carbocycles. The van der Waals surface area contributed by atoms with Crippen molar-refractivity contribution in [1.82, 2.24) is 0 Å². The van der Waals surface area contributed by atoms with Crippen molar-refractivity contribution < 1.29 is 43.1 Å². The fraction of sp³-hybridized carbons (Fsp3) is 0.500. The van der Waals surface area contributed by atoms with E-state index in [1.54, 1.807) is 24.3 Å². The molecule has 1 aliphatic rings. The highest BCUT2D eigenvalue weighted by Crippen LogP contribution is 2.42. The van der Waals surface area contributed by atoms with E-state index in [1.165, 1.54) is 7.11 Å². The molecular formula is C20H23F3O6S. The summed E-state index contributed by atoms with van der Waals surface area (Å²) in [6.07, 6.45) is -9.93. The molecule has 0 aliphatic heterocycles. The third kappa shape index (κ3) is 4.89. The zero-order valence-corrected chi connectivity index (χ0v) is 16.9. The van der Waals surface area contributed by atoms with Crippen LogP contribution in [0.2, 0.25) is 0 Å². The fourth-order valence-corrected chi connectivity index (χ4v) is 4.44. The highest BCUT2D eigenvalue weighted by molar-refractivity contribution is 7.12. The molecular weight excluding hydrogens is 425 g/mol. The Hall–Kier alpha value is -1.85. The van der Waals surface area contributed by atoms with Crippen molar-refractivity contribution in [2.24, 2.45) is 5.92 Å². The SMILES string of the molecule is COc1ccc(Cc2sc(C(F)(F)F)cc2O[C@@H]2C[C@H](CO)[C@@H](O)[C@H](O)[C@H]2O)cc1. The number of halogens is 3. The molecule has 0 unspecified atom stereocenters. The molecule has 1 aromatic heterocycles. The second-order valence-electron chi connectivity index (χ2n) is 7.23. The quantitative estimate of drug-likeness (QED) is 0.541. The molecule has 166 valence electrons. The molecule has 0 radical (unpaired) electrons. The van der Waals surface area contributed by atoms with Crippen LogP contribution in [0.3, 0.4) is 0 Å². The van der Waals surface area contributed by atoms with Gasteiger partial charge in [0.1, 0.15) is 34.7 Å². The molecule has 6 nitrogen and oxygen atoms in total. The first-order valence-corrected chi connectivity index (χ1v) is 10.1. The largest absolute Gasteiger partial charge is 0.497 e. The second kappa shape index (κ2) is 9.11. The second-order valence-corrected chi connectivity index (χ2v) is 8.36. The molecule has 1 fully saturated rings. The number of aliphatic hydroxyl groups excluding tert-OH is 4. The van der Waals surface area contributed by atoms with Gasteiger partial charge in [0.25, 0.3) is 0 Å². The number of hydrogen-bond acceptors (Lipinski definition) is 7. The van der Waals surface area contributed by atoms with Crippen LogP contribution in [0.25, 0.3) is 0 Å². The number of hydrogen-bond donors (Lipinski definition) is 4. The van der Waals surface area contributed by atoms with Gasteiger partial charge in [0.05, 0.1) is 18.1 Å². The summed E-state index contributed by atoms with van der Waals surface area (Å²) >= 11 is 0.545. The third-order valence-electron chi connectivity index (χ3n) is 5.18. The summed E-state index contributed by atoms with van der Waals surface area (Å²) in [5, 5.41) is 39.5. The van der Waals surface area contributed by atoms with Gasteiger partial charge in [-0.3, -0.25) is 0 Å². The van der Waals surface area contributed by atoms with Crippen LogP contribution in [0.1, 0.15) is 21.7 Å². The lowest BCUT2D eigenvalue weighted by Crippen LogP contribution is -2.56. The Labute approximate surface area is 175 Å². The van der Waals surface area contributed by atoms with Gasteiger partial charge in [-0.1, -0.05) is 12.1 Å². The van der Waals surface area contributed by atoms with E-state index in [9.17, 15) is 33.6 Å². The number of benzene rings is 1. The number of rotatable bonds is 6. The molecule has 0 spiro atoms. The van der Waals surface area contributed by atoms with Crippen LogP contribution in [-0.4, -0.2) is 58.6 Å². The number of methoxy groups -OCH3 is 1. The van der Waals surface area contributed by atoms with Crippen molar-refractivity contribution in [3.63, 3.8) is 0 Å². The Kier molecular flexibility index (Phi) is 6.93. The minimum Gasteiger partial charge on any atom is -0.497 e. The summed E-state index contributed by atoms with van der Waals surface area (Å²) in [5.74, 6) is -0.197. The lowest BCUT2D eigenvalue weighted by Gasteiger charge is -2.39. The molecule has 3 rings (SSSR count). The summed E-state index contributed by atoms with van der Waals surface area (Å²) in [7, 11) is 1.51. The van der Waals surface area contributed by atoms with Gasteiger partial charge in [0.15, 0.2) is 0 Å². The third-order valence-corrected chi connectivity index (χ3v) is 6.35. The van der Waals surface area contributed by atoms with E-state index in [2.05, 4.69) is 0 Å². The zero-order chi connectivity index (χ0) is 22.1. The standard InChI is InChI=1S/C20H23F3O6S/c1-28-12-4-2-10(3-5-12)6-15-13(8-16(30-15)20(21,22)23)29-14-7-11(9-24)17(25)19(27)18(14)26/h2-5,8,11,14,17-19,24-27H,6-7,9H2,1H3/t11-,14-,17-,18+,19+/m1/s1. The molecule has 5 atom stereocenters. The Balaban J connectivity index is 1.87. The fourth-order valence-electron chi connectivity index (χ4n) is 3.44. The zero-order valence-electron chi connectivity index (χ0n) is 16.0. The van der Waals surface area contributed by atoms with Crippen molar-refractivity contribution in [3.05, 3.63) is 45.6 Å². The predicted molar refractivity (Wildman–Crippen MR) is 103 cm³/mol. The van der Waals surface area contributed by atoms with Crippen LogP contribution < -0.4 is 9.47 Å². The van der Waals surface area contributed by atoms with Crippen molar-refractivity contribution in [1.29, 1.82) is 0 Å². The van der Waals surface area contributed by atoms with Crippen LogP contribution in [0.4, 0.5) is 13.2 Å². The highest BCUT2D eigenvalue weighted by Gasteiger charge is 2.44. The van der Waals surface area contributed by atoms with E-state index < -0.39 is 48.0 Å². The molecule has 4 N–H and O–H groups in total. The first kappa shape index (κ1) is 22.8. The Bertz CT molecular complexity index is 836. The summed E-state index contributed by atoms with van der Waals surface area (Å²) in [6, 6.07) is 7.73. The first-order chi connectivity index (χ1) is 14.1. The molecule has 1 heterocycles. The van der Waals surface area contributed by atoms with Gasteiger partial charge in [0.2, 0.25) is 0 Å². The van der Waals surface area contributed by atoms with E-state index in [-0.39, 0.29) is 18.6 Å². The molecule has 0 bridgehead atoms. The van der Waals surface area contributed by atoms with Crippen LogP contribution in [0.5, 0.6) is 11.5 Å². The minimum absolute atomic E-state index is 0.0188. The average Bonchev–Trinajstić information content (AvgIpc) is 3.12. The van der Waals surface area contributed by atoms with Gasteiger partial charge in [0, 0.05) is 25.0 Å². The number of aliphatic hydroxyl groups is 4. The minimum atomic E-state index is -4.56. The number of ether oxygens (including phenoxy) is 2. The van der Waals surface area contributed by atoms with Gasteiger partial charge in [-0.05, 0) is 24.1 Å². The van der Waals surface area contributed by atoms with Crippen LogP contribution in [-0.2, 0) is 12.6 Å². The monoisotopic (exact) mass is 448 g/mol. The first-order valence-electron chi connectivity index (χ1n) is 9.28. The van der Waals surface area contributed by atoms with E-state index in [0.29, 0.717) is 22.0 Å². The molecule has 30 heavy (non-hydrogen) atoms. The van der Waals surface area contributed by atoms with Crippen LogP contribution >= 0.6 is 11.3 Å². The van der Waals surface area contributed by atoms with Crippen molar-refractivity contribution in [3.8, 4) is 11.5 Å². The van der Waals surface area contributed by atoms with Gasteiger partial charge >= 0.3 is 6.18 Å². The van der Waals surface area contributed by atoms with Crippen LogP contribution in [0, 0.1) is 5.92 Å². The van der Waals surface area contributed by atoms with E-state index >= 15 is 0 Å². The highest BCUT2D eigenvalue weighted by atomic mass is 32.1. The lowest BCUT2D eigenvalue weighted by molar-refractivity contribution is -0.157. The van der Waals surface area contributed by atoms with E-state index in [4.69, 9.17) is 9.47 Å². The molecule has 1 aliphatic carbocycles. The summed E-state index contributed by atoms with van der Waals surface area (Å²) < 4.78 is 50.6. The number of thiophene rings is 1. The lowest BCUT2D eigenvalue weighted by atomic mass is 9.81.